The topological polar surface area (TPSA) is 135 Å². The predicted molar refractivity (Wildman–Crippen MR) is 78.4 cm³/mol. The molecule has 0 fully saturated rings. The molecule has 1 heterocycles. The number of anilines is 2. The Bertz CT molecular complexity index is 792. The van der Waals surface area contributed by atoms with Crippen LogP contribution in [0.5, 0.6) is 0 Å². The van der Waals surface area contributed by atoms with Gasteiger partial charge in [0.15, 0.2) is 5.82 Å². The van der Waals surface area contributed by atoms with Crippen LogP contribution in [0.3, 0.4) is 0 Å². The molecule has 0 amide bonds. The number of benzene rings is 1. The molecule has 0 aliphatic heterocycles. The van der Waals surface area contributed by atoms with Crippen LogP contribution in [0.4, 0.5) is 11.5 Å². The van der Waals surface area contributed by atoms with Crippen LogP contribution in [0.1, 0.15) is 10.4 Å². The van der Waals surface area contributed by atoms with Gasteiger partial charge in [0.05, 0.1) is 18.0 Å². The van der Waals surface area contributed by atoms with Gasteiger partial charge in [-0.1, -0.05) is 0 Å². The predicted octanol–water partition coefficient (Wildman–Crippen LogP) is 1.32. The van der Waals surface area contributed by atoms with Crippen molar-refractivity contribution in [3.8, 4) is 0 Å². The van der Waals surface area contributed by atoms with Crippen molar-refractivity contribution in [2.24, 2.45) is 0 Å². The fourth-order valence-electron chi connectivity index (χ4n) is 1.51. The minimum Gasteiger partial charge on any atom is -0.478 e. The third-order valence-corrected chi connectivity index (χ3v) is 4.21. The zero-order valence-corrected chi connectivity index (χ0v) is 12.7. The fraction of sp³-hybridized carbons (Fsp3) is 0. The van der Waals surface area contributed by atoms with E-state index >= 15 is 0 Å². The molecule has 0 saturated heterocycles. The summed E-state index contributed by atoms with van der Waals surface area (Å²) < 4.78 is 27.0. The third kappa shape index (κ3) is 3.47. The summed E-state index contributed by atoms with van der Waals surface area (Å²) in [7, 11) is -4.12. The lowest BCUT2D eigenvalue weighted by molar-refractivity contribution is 0.0692. The molecule has 8 nitrogen and oxygen atoms in total. The molecule has 0 aliphatic rings. The average Bonchev–Trinajstić information content (AvgIpc) is 2.40. The number of hydrogen-bond donors (Lipinski definition) is 3. The van der Waals surface area contributed by atoms with E-state index in [0.717, 1.165) is 12.1 Å². The zero-order valence-electron chi connectivity index (χ0n) is 10.3. The molecule has 2 rings (SSSR count). The van der Waals surface area contributed by atoms with Crippen LogP contribution in [0.2, 0.25) is 0 Å². The van der Waals surface area contributed by atoms with E-state index in [-0.39, 0.29) is 11.5 Å². The van der Waals surface area contributed by atoms with Crippen LogP contribution in [0.15, 0.2) is 40.1 Å². The molecular formula is C11H9BrN4O4S. The van der Waals surface area contributed by atoms with E-state index in [4.69, 9.17) is 10.8 Å². The lowest BCUT2D eigenvalue weighted by Gasteiger charge is -2.10. The van der Waals surface area contributed by atoms with E-state index in [0.29, 0.717) is 4.60 Å². The first-order valence-corrected chi connectivity index (χ1v) is 7.70. The van der Waals surface area contributed by atoms with Gasteiger partial charge in [-0.25, -0.2) is 23.2 Å². The quantitative estimate of drug-likeness (QED) is 0.688. The van der Waals surface area contributed by atoms with Crippen molar-refractivity contribution in [3.63, 3.8) is 0 Å². The van der Waals surface area contributed by atoms with E-state index in [1.54, 1.807) is 0 Å². The largest absolute Gasteiger partial charge is 0.478 e. The van der Waals surface area contributed by atoms with Gasteiger partial charge >= 0.3 is 5.97 Å². The number of carbonyl (C=O) groups is 1. The number of rotatable bonds is 4. The number of carboxylic acids is 1. The number of aromatic carboxylic acids is 1. The number of halogens is 1. The van der Waals surface area contributed by atoms with Crippen LogP contribution >= 0.6 is 15.9 Å². The van der Waals surface area contributed by atoms with Crippen molar-refractivity contribution < 1.29 is 18.3 Å². The zero-order chi connectivity index (χ0) is 15.6. The number of nitrogen functional groups attached to an aromatic ring is 1. The van der Waals surface area contributed by atoms with Crippen molar-refractivity contribution >= 4 is 43.4 Å². The van der Waals surface area contributed by atoms with Crippen LogP contribution in [-0.4, -0.2) is 29.5 Å². The van der Waals surface area contributed by atoms with Gasteiger partial charge in [-0.2, -0.15) is 0 Å². The van der Waals surface area contributed by atoms with Crippen LogP contribution in [-0.2, 0) is 10.0 Å². The van der Waals surface area contributed by atoms with Crippen molar-refractivity contribution in [2.75, 3.05) is 10.5 Å². The summed E-state index contributed by atoms with van der Waals surface area (Å²) in [5.74, 6) is -1.43. The molecule has 1 aromatic carbocycles. The maximum absolute atomic E-state index is 12.2. The SMILES string of the molecule is Nc1ccc(S(=O)(=O)Nc2cnc(Br)cn2)c(C(=O)O)c1. The van der Waals surface area contributed by atoms with E-state index in [1.165, 1.54) is 18.5 Å². The van der Waals surface area contributed by atoms with Crippen molar-refractivity contribution in [1.82, 2.24) is 9.97 Å². The number of carboxylic acid groups (broad SMARTS) is 1. The normalized spacial score (nSPS) is 11.1. The Morgan fingerprint density at radius 3 is 2.57 bits per heavy atom. The summed E-state index contributed by atoms with van der Waals surface area (Å²) in [6.45, 7) is 0. The second-order valence-corrected chi connectivity index (χ2v) is 6.35. The summed E-state index contributed by atoms with van der Waals surface area (Å²) in [5.41, 5.74) is 5.20. The molecule has 0 atom stereocenters. The first-order chi connectivity index (χ1) is 9.79. The molecular weight excluding hydrogens is 364 g/mol. The molecule has 4 N–H and O–H groups in total. The molecule has 110 valence electrons. The first-order valence-electron chi connectivity index (χ1n) is 5.43. The lowest BCUT2D eigenvalue weighted by atomic mass is 10.2. The van der Waals surface area contributed by atoms with Crippen LogP contribution in [0, 0.1) is 0 Å². The Kier molecular flexibility index (Phi) is 4.09. The van der Waals surface area contributed by atoms with E-state index in [1.807, 2.05) is 0 Å². The number of nitrogens with two attached hydrogens (primary N) is 1. The van der Waals surface area contributed by atoms with Gasteiger partial charge in [0, 0.05) is 5.69 Å². The second kappa shape index (κ2) is 5.66. The fourth-order valence-corrected chi connectivity index (χ4v) is 2.89. The Labute approximate surface area is 128 Å². The highest BCUT2D eigenvalue weighted by molar-refractivity contribution is 9.10. The lowest BCUT2D eigenvalue weighted by Crippen LogP contribution is -2.18. The first kappa shape index (κ1) is 15.2. The summed E-state index contributed by atoms with van der Waals surface area (Å²) in [6, 6.07) is 3.49. The molecule has 1 aromatic heterocycles. The number of hydrogen-bond acceptors (Lipinski definition) is 6. The van der Waals surface area contributed by atoms with Gasteiger partial charge in [-0.15, -0.1) is 0 Å². The van der Waals surface area contributed by atoms with Gasteiger partial charge in [0.25, 0.3) is 10.0 Å². The minimum atomic E-state index is -4.12. The molecule has 0 aliphatic carbocycles. The standard InChI is InChI=1S/C11H9BrN4O4S/c12-9-4-15-10(5-14-9)16-21(19,20)8-2-1-6(13)3-7(8)11(17)18/h1-5H,13H2,(H,15,16)(H,17,18). The smallest absolute Gasteiger partial charge is 0.337 e. The third-order valence-electron chi connectivity index (χ3n) is 2.38. The number of nitrogens with one attached hydrogen (secondary N) is 1. The van der Waals surface area contributed by atoms with Gasteiger partial charge in [-0.3, -0.25) is 4.72 Å². The molecule has 0 saturated carbocycles. The average molecular weight is 373 g/mol. The Balaban J connectivity index is 2.44. The van der Waals surface area contributed by atoms with Crippen molar-refractivity contribution in [2.45, 2.75) is 4.90 Å². The van der Waals surface area contributed by atoms with Gasteiger partial charge in [0.1, 0.15) is 9.50 Å². The summed E-state index contributed by atoms with van der Waals surface area (Å²) in [6.07, 6.45) is 2.50. The Morgan fingerprint density at radius 1 is 1.29 bits per heavy atom. The molecule has 0 spiro atoms. The van der Waals surface area contributed by atoms with E-state index < -0.39 is 26.5 Å². The maximum Gasteiger partial charge on any atom is 0.337 e. The van der Waals surface area contributed by atoms with Crippen LogP contribution < -0.4 is 10.5 Å². The number of aromatic nitrogens is 2. The molecule has 10 heteroatoms. The van der Waals surface area contributed by atoms with E-state index in [9.17, 15) is 13.2 Å². The highest BCUT2D eigenvalue weighted by Crippen LogP contribution is 2.21. The minimum absolute atomic E-state index is 0.0358. The number of nitrogens with zero attached hydrogens (tertiary/aromatic N) is 2. The Hall–Kier alpha value is -2.20. The highest BCUT2D eigenvalue weighted by Gasteiger charge is 2.23. The van der Waals surface area contributed by atoms with Gasteiger partial charge < -0.3 is 10.8 Å². The Morgan fingerprint density at radius 2 is 2.00 bits per heavy atom. The van der Waals surface area contributed by atoms with Gasteiger partial charge in [0.2, 0.25) is 0 Å². The molecule has 0 unspecified atom stereocenters. The number of sulfonamides is 1. The second-order valence-electron chi connectivity index (χ2n) is 3.89. The molecule has 2 aromatic rings. The monoisotopic (exact) mass is 372 g/mol. The summed E-state index contributed by atoms with van der Waals surface area (Å²) >= 11 is 3.07. The van der Waals surface area contributed by atoms with E-state index in [2.05, 4.69) is 30.6 Å². The molecule has 0 radical (unpaired) electrons. The molecule has 0 bridgehead atoms. The molecule has 21 heavy (non-hydrogen) atoms. The van der Waals surface area contributed by atoms with Crippen molar-refractivity contribution in [1.29, 1.82) is 0 Å². The summed E-state index contributed by atoms with van der Waals surface area (Å²) in [5, 5.41) is 9.07. The van der Waals surface area contributed by atoms with Crippen LogP contribution in [0.25, 0.3) is 0 Å². The van der Waals surface area contributed by atoms with Gasteiger partial charge in [-0.05, 0) is 34.1 Å². The highest BCUT2D eigenvalue weighted by atomic mass is 79.9. The summed E-state index contributed by atoms with van der Waals surface area (Å²) in [4.78, 5) is 18.4. The maximum atomic E-state index is 12.2. The van der Waals surface area contributed by atoms with Crippen molar-refractivity contribution in [3.05, 3.63) is 40.8 Å².